The van der Waals surface area contributed by atoms with E-state index in [1.807, 2.05) is 49.4 Å². The molecule has 1 heterocycles. The van der Waals surface area contributed by atoms with Crippen LogP contribution in [-0.4, -0.2) is 16.9 Å². The van der Waals surface area contributed by atoms with Gasteiger partial charge in [0.15, 0.2) is 0 Å². The van der Waals surface area contributed by atoms with Crippen LogP contribution in [0, 0.1) is 0 Å². The van der Waals surface area contributed by atoms with E-state index < -0.39 is 6.04 Å². The fourth-order valence-corrected chi connectivity index (χ4v) is 2.02. The molecule has 0 spiro atoms. The van der Waals surface area contributed by atoms with Crippen LogP contribution in [-0.2, 0) is 11.2 Å². The molecule has 0 bridgehead atoms. The normalized spacial score (nSPS) is 13.5. The van der Waals surface area contributed by atoms with E-state index in [4.69, 9.17) is 5.73 Å². The first-order valence-corrected chi connectivity index (χ1v) is 6.66. The summed E-state index contributed by atoms with van der Waals surface area (Å²) in [7, 11) is 0. The Balaban J connectivity index is 1.91. The number of benzene rings is 1. The highest BCUT2D eigenvalue weighted by Gasteiger charge is 2.16. The summed E-state index contributed by atoms with van der Waals surface area (Å²) >= 11 is 0. The Labute approximate surface area is 119 Å². The van der Waals surface area contributed by atoms with Crippen molar-refractivity contribution in [1.82, 2.24) is 10.3 Å². The molecular formula is C16H19N3O. The Kier molecular flexibility index (Phi) is 4.85. The van der Waals surface area contributed by atoms with Crippen molar-refractivity contribution in [2.75, 3.05) is 0 Å². The van der Waals surface area contributed by atoms with Crippen LogP contribution in [0.2, 0.25) is 0 Å². The number of aromatic nitrogens is 1. The van der Waals surface area contributed by atoms with Crippen LogP contribution in [0.3, 0.4) is 0 Å². The van der Waals surface area contributed by atoms with Gasteiger partial charge < -0.3 is 11.1 Å². The van der Waals surface area contributed by atoms with Gasteiger partial charge in [0.05, 0.1) is 12.1 Å². The van der Waals surface area contributed by atoms with Crippen LogP contribution in [0.4, 0.5) is 0 Å². The molecule has 0 aliphatic heterocycles. The number of pyridine rings is 1. The Morgan fingerprint density at radius 1 is 1.20 bits per heavy atom. The molecule has 3 N–H and O–H groups in total. The lowest BCUT2D eigenvalue weighted by molar-refractivity contribution is -0.123. The lowest BCUT2D eigenvalue weighted by Gasteiger charge is -2.17. The van der Waals surface area contributed by atoms with Crippen molar-refractivity contribution in [2.45, 2.75) is 25.4 Å². The summed E-state index contributed by atoms with van der Waals surface area (Å²) in [5.41, 5.74) is 8.03. The molecule has 2 aromatic rings. The molecule has 2 atom stereocenters. The zero-order valence-corrected chi connectivity index (χ0v) is 11.5. The monoisotopic (exact) mass is 269 g/mol. The highest BCUT2D eigenvalue weighted by molar-refractivity contribution is 5.82. The molecule has 1 unspecified atom stereocenters. The molecule has 2 rings (SSSR count). The maximum Gasteiger partial charge on any atom is 0.237 e. The first kappa shape index (κ1) is 14.2. The predicted octanol–water partition coefficient (Wildman–Crippen LogP) is 1.83. The lowest BCUT2D eigenvalue weighted by atomic mass is 10.0. The average Bonchev–Trinajstić information content (AvgIpc) is 2.49. The van der Waals surface area contributed by atoms with Crippen LogP contribution in [0.15, 0.2) is 54.9 Å². The molecular weight excluding hydrogens is 250 g/mol. The van der Waals surface area contributed by atoms with Gasteiger partial charge in [0.25, 0.3) is 0 Å². The van der Waals surface area contributed by atoms with Crippen LogP contribution in [0.5, 0.6) is 0 Å². The molecule has 20 heavy (non-hydrogen) atoms. The molecule has 1 aromatic heterocycles. The Bertz CT molecular complexity index is 542. The van der Waals surface area contributed by atoms with Gasteiger partial charge in [0.2, 0.25) is 5.91 Å². The molecule has 0 saturated heterocycles. The van der Waals surface area contributed by atoms with Crippen LogP contribution in [0.25, 0.3) is 0 Å². The number of amides is 1. The molecule has 4 heteroatoms. The van der Waals surface area contributed by atoms with Crippen molar-refractivity contribution < 1.29 is 4.79 Å². The second kappa shape index (κ2) is 6.82. The summed E-state index contributed by atoms with van der Waals surface area (Å²) in [5, 5.41) is 2.92. The summed E-state index contributed by atoms with van der Waals surface area (Å²) in [6.45, 7) is 1.93. The molecule has 0 fully saturated rings. The van der Waals surface area contributed by atoms with Gasteiger partial charge in [-0.2, -0.15) is 0 Å². The summed E-state index contributed by atoms with van der Waals surface area (Å²) in [6, 6.07) is 12.9. The summed E-state index contributed by atoms with van der Waals surface area (Å²) in [4.78, 5) is 16.0. The predicted molar refractivity (Wildman–Crippen MR) is 78.9 cm³/mol. The van der Waals surface area contributed by atoms with Gasteiger partial charge in [-0.05, 0) is 36.6 Å². The third-order valence-electron chi connectivity index (χ3n) is 3.20. The van der Waals surface area contributed by atoms with Crippen LogP contribution in [0.1, 0.15) is 24.1 Å². The van der Waals surface area contributed by atoms with E-state index in [0.29, 0.717) is 6.42 Å². The molecule has 0 aliphatic carbocycles. The van der Waals surface area contributed by atoms with Gasteiger partial charge in [0, 0.05) is 12.4 Å². The second-order valence-electron chi connectivity index (χ2n) is 4.81. The van der Waals surface area contributed by atoms with E-state index in [1.165, 1.54) is 0 Å². The standard InChI is InChI=1S/C16H19N3O/c1-12(14-7-9-18-10-8-14)19-16(20)15(17)11-13-5-3-2-4-6-13/h2-10,12,15H,11,17H2,1H3,(H,19,20)/t12?,15-/m0/s1. The molecule has 0 aliphatic rings. The van der Waals surface area contributed by atoms with Gasteiger partial charge in [-0.1, -0.05) is 30.3 Å². The number of carbonyl (C=O) groups is 1. The molecule has 0 radical (unpaired) electrons. The molecule has 0 saturated carbocycles. The minimum atomic E-state index is -0.540. The van der Waals surface area contributed by atoms with E-state index >= 15 is 0 Å². The van der Waals surface area contributed by atoms with E-state index in [2.05, 4.69) is 10.3 Å². The topological polar surface area (TPSA) is 68.0 Å². The fourth-order valence-electron chi connectivity index (χ4n) is 2.02. The van der Waals surface area contributed by atoms with Gasteiger partial charge in [0.1, 0.15) is 0 Å². The van der Waals surface area contributed by atoms with Crippen molar-refractivity contribution in [3.05, 3.63) is 66.0 Å². The highest BCUT2D eigenvalue weighted by atomic mass is 16.2. The third-order valence-corrected chi connectivity index (χ3v) is 3.20. The summed E-state index contributed by atoms with van der Waals surface area (Å²) < 4.78 is 0. The Hall–Kier alpha value is -2.20. The third kappa shape index (κ3) is 3.90. The number of carbonyl (C=O) groups excluding carboxylic acids is 1. The fraction of sp³-hybridized carbons (Fsp3) is 0.250. The van der Waals surface area contributed by atoms with E-state index in [1.54, 1.807) is 12.4 Å². The largest absolute Gasteiger partial charge is 0.348 e. The maximum absolute atomic E-state index is 12.1. The van der Waals surface area contributed by atoms with Gasteiger partial charge in [-0.15, -0.1) is 0 Å². The van der Waals surface area contributed by atoms with Crippen molar-refractivity contribution in [2.24, 2.45) is 5.73 Å². The molecule has 1 amide bonds. The number of hydrogen-bond acceptors (Lipinski definition) is 3. The van der Waals surface area contributed by atoms with E-state index in [-0.39, 0.29) is 11.9 Å². The zero-order chi connectivity index (χ0) is 14.4. The SMILES string of the molecule is CC(NC(=O)[C@@H](N)Cc1ccccc1)c1ccncc1. The smallest absolute Gasteiger partial charge is 0.237 e. The van der Waals surface area contributed by atoms with E-state index in [0.717, 1.165) is 11.1 Å². The van der Waals surface area contributed by atoms with Gasteiger partial charge >= 0.3 is 0 Å². The average molecular weight is 269 g/mol. The summed E-state index contributed by atoms with van der Waals surface area (Å²) in [5.74, 6) is -0.141. The molecule has 1 aromatic carbocycles. The molecule has 4 nitrogen and oxygen atoms in total. The van der Waals surface area contributed by atoms with Crippen LogP contribution < -0.4 is 11.1 Å². The van der Waals surface area contributed by atoms with E-state index in [9.17, 15) is 4.79 Å². The Morgan fingerprint density at radius 3 is 2.50 bits per heavy atom. The van der Waals surface area contributed by atoms with Crippen molar-refractivity contribution in [1.29, 1.82) is 0 Å². The van der Waals surface area contributed by atoms with Crippen molar-refractivity contribution >= 4 is 5.91 Å². The van der Waals surface area contributed by atoms with Gasteiger partial charge in [-0.3, -0.25) is 9.78 Å². The Morgan fingerprint density at radius 2 is 1.85 bits per heavy atom. The quantitative estimate of drug-likeness (QED) is 0.870. The lowest BCUT2D eigenvalue weighted by Crippen LogP contribution is -2.42. The number of rotatable bonds is 5. The number of nitrogens with zero attached hydrogens (tertiary/aromatic N) is 1. The first-order valence-electron chi connectivity index (χ1n) is 6.66. The first-order chi connectivity index (χ1) is 9.66. The summed E-state index contributed by atoms with van der Waals surface area (Å²) in [6.07, 6.45) is 3.96. The minimum Gasteiger partial charge on any atom is -0.348 e. The number of nitrogens with two attached hydrogens (primary N) is 1. The maximum atomic E-state index is 12.1. The van der Waals surface area contributed by atoms with Crippen molar-refractivity contribution in [3.8, 4) is 0 Å². The minimum absolute atomic E-state index is 0.0766. The van der Waals surface area contributed by atoms with Crippen molar-refractivity contribution in [3.63, 3.8) is 0 Å². The second-order valence-corrected chi connectivity index (χ2v) is 4.81. The number of nitrogens with one attached hydrogen (secondary N) is 1. The molecule has 104 valence electrons. The number of hydrogen-bond donors (Lipinski definition) is 2. The zero-order valence-electron chi connectivity index (χ0n) is 11.5. The highest BCUT2D eigenvalue weighted by Crippen LogP contribution is 2.10. The van der Waals surface area contributed by atoms with Gasteiger partial charge in [-0.25, -0.2) is 0 Å². The van der Waals surface area contributed by atoms with Crippen LogP contribution >= 0.6 is 0 Å².